The Hall–Kier alpha value is -3.68. The predicted octanol–water partition coefficient (Wildman–Crippen LogP) is 1.68. The Labute approximate surface area is 162 Å². The summed E-state index contributed by atoms with van der Waals surface area (Å²) in [6, 6.07) is 16.2. The highest BCUT2D eigenvalue weighted by Gasteiger charge is 2.10. The van der Waals surface area contributed by atoms with Gasteiger partial charge < -0.3 is 14.8 Å². The number of aromatic nitrogens is 3. The van der Waals surface area contributed by atoms with Crippen molar-refractivity contribution in [3.63, 3.8) is 0 Å². The maximum atomic E-state index is 12.0. The first-order valence-corrected chi connectivity index (χ1v) is 8.74. The maximum Gasteiger partial charge on any atom is 0.338 e. The number of carbonyl (C=O) groups is 2. The molecule has 3 aromatic rings. The first kappa shape index (κ1) is 19.1. The summed E-state index contributed by atoms with van der Waals surface area (Å²) < 4.78 is 12.2. The molecule has 1 heterocycles. The lowest BCUT2D eigenvalue weighted by molar-refractivity contribution is -0.124. The van der Waals surface area contributed by atoms with Gasteiger partial charge in [0.1, 0.15) is 25.0 Å². The molecule has 0 fully saturated rings. The number of nitrogens with zero attached hydrogens (tertiary/aromatic N) is 3. The molecule has 144 valence electrons. The fourth-order valence-electron chi connectivity index (χ4n) is 2.39. The number of hydrogen-bond acceptors (Lipinski definition) is 6. The Morgan fingerprint density at radius 3 is 2.54 bits per heavy atom. The number of rotatable bonds is 9. The van der Waals surface area contributed by atoms with Crippen LogP contribution in [-0.4, -0.2) is 46.4 Å². The van der Waals surface area contributed by atoms with E-state index in [2.05, 4.69) is 15.4 Å². The van der Waals surface area contributed by atoms with Crippen molar-refractivity contribution in [3.05, 3.63) is 78.4 Å². The molecule has 3 rings (SSSR count). The molecule has 0 aliphatic carbocycles. The lowest BCUT2D eigenvalue weighted by atomic mass is 10.1. The molecule has 2 aromatic carbocycles. The average molecular weight is 380 g/mol. The summed E-state index contributed by atoms with van der Waals surface area (Å²) in [5.74, 6) is -0.203. The van der Waals surface area contributed by atoms with Crippen LogP contribution >= 0.6 is 0 Å². The Morgan fingerprint density at radius 2 is 1.82 bits per heavy atom. The fourth-order valence-corrected chi connectivity index (χ4v) is 2.39. The number of ether oxygens (including phenoxy) is 2. The van der Waals surface area contributed by atoms with Crippen molar-refractivity contribution < 1.29 is 19.1 Å². The number of para-hydroxylation sites is 1. The van der Waals surface area contributed by atoms with Crippen molar-refractivity contribution in [1.29, 1.82) is 0 Å². The van der Waals surface area contributed by atoms with Crippen molar-refractivity contribution in [2.45, 2.75) is 6.54 Å². The zero-order valence-corrected chi connectivity index (χ0v) is 15.2. The zero-order chi connectivity index (χ0) is 19.6. The van der Waals surface area contributed by atoms with E-state index >= 15 is 0 Å². The Kier molecular flexibility index (Phi) is 6.73. The van der Waals surface area contributed by atoms with Crippen LogP contribution in [0.1, 0.15) is 15.9 Å². The van der Waals surface area contributed by atoms with E-state index in [1.807, 2.05) is 30.3 Å². The van der Waals surface area contributed by atoms with Crippen LogP contribution in [0.2, 0.25) is 0 Å². The molecule has 8 heteroatoms. The average Bonchev–Trinajstić information content (AvgIpc) is 3.24. The van der Waals surface area contributed by atoms with Crippen LogP contribution < -0.4 is 10.1 Å². The van der Waals surface area contributed by atoms with Crippen LogP contribution in [0.15, 0.2) is 67.3 Å². The van der Waals surface area contributed by atoms with E-state index in [1.165, 1.54) is 6.33 Å². The van der Waals surface area contributed by atoms with E-state index in [0.29, 0.717) is 25.3 Å². The molecule has 0 unspecified atom stereocenters. The topological polar surface area (TPSA) is 95.3 Å². The Balaban J connectivity index is 1.35. The number of amides is 1. The molecule has 0 atom stereocenters. The highest BCUT2D eigenvalue weighted by molar-refractivity contribution is 5.91. The molecule has 0 saturated carbocycles. The highest BCUT2D eigenvalue weighted by atomic mass is 16.5. The molecule has 0 aliphatic heterocycles. The van der Waals surface area contributed by atoms with Gasteiger partial charge in [0.25, 0.3) is 5.91 Å². The van der Waals surface area contributed by atoms with E-state index in [4.69, 9.17) is 9.47 Å². The molecular formula is C20H20N4O4. The van der Waals surface area contributed by atoms with Crippen LogP contribution in [0.5, 0.6) is 5.75 Å². The van der Waals surface area contributed by atoms with Crippen LogP contribution in [0.4, 0.5) is 0 Å². The summed E-state index contributed by atoms with van der Waals surface area (Å²) in [6.45, 7) is 0.868. The first-order valence-electron chi connectivity index (χ1n) is 8.74. The summed E-state index contributed by atoms with van der Waals surface area (Å²) in [5.41, 5.74) is 1.35. The van der Waals surface area contributed by atoms with E-state index in [-0.39, 0.29) is 12.5 Å². The monoisotopic (exact) mass is 380 g/mol. The third-order valence-corrected chi connectivity index (χ3v) is 3.77. The molecule has 0 aliphatic rings. The van der Waals surface area contributed by atoms with Gasteiger partial charge in [-0.15, -0.1) is 0 Å². The van der Waals surface area contributed by atoms with Gasteiger partial charge in [0.05, 0.1) is 18.7 Å². The van der Waals surface area contributed by atoms with E-state index in [1.54, 1.807) is 35.3 Å². The van der Waals surface area contributed by atoms with Crippen LogP contribution in [0, 0.1) is 0 Å². The second-order valence-electron chi connectivity index (χ2n) is 5.88. The third kappa shape index (κ3) is 5.94. The predicted molar refractivity (Wildman–Crippen MR) is 101 cm³/mol. The summed E-state index contributed by atoms with van der Waals surface area (Å²) in [5, 5.41) is 6.66. The second kappa shape index (κ2) is 9.86. The van der Waals surface area contributed by atoms with Gasteiger partial charge in [-0.2, -0.15) is 5.10 Å². The SMILES string of the molecule is O=C(COC(=O)c1ccc(Cn2cncn2)cc1)NCCOc1ccccc1. The quantitative estimate of drug-likeness (QED) is 0.448. The molecule has 28 heavy (non-hydrogen) atoms. The third-order valence-electron chi connectivity index (χ3n) is 3.77. The molecule has 8 nitrogen and oxygen atoms in total. The lowest BCUT2D eigenvalue weighted by Crippen LogP contribution is -2.32. The van der Waals surface area contributed by atoms with Gasteiger partial charge in [-0.25, -0.2) is 14.5 Å². The van der Waals surface area contributed by atoms with Gasteiger partial charge in [0.2, 0.25) is 0 Å². The number of esters is 1. The molecule has 0 radical (unpaired) electrons. The molecule has 1 aromatic heterocycles. The normalized spacial score (nSPS) is 10.3. The fraction of sp³-hybridized carbons (Fsp3) is 0.200. The maximum absolute atomic E-state index is 12.0. The minimum absolute atomic E-state index is 0.322. The van der Waals surface area contributed by atoms with Crippen molar-refractivity contribution >= 4 is 11.9 Å². The standard InChI is InChI=1S/C20H20N4O4/c25-19(22-10-11-27-18-4-2-1-3-5-18)13-28-20(26)17-8-6-16(7-9-17)12-24-15-21-14-23-24/h1-9,14-15H,10-13H2,(H,22,25). The first-order chi connectivity index (χ1) is 13.7. The van der Waals surface area contributed by atoms with Crippen molar-refractivity contribution in [2.24, 2.45) is 0 Å². The van der Waals surface area contributed by atoms with Crippen LogP contribution in [0.3, 0.4) is 0 Å². The van der Waals surface area contributed by atoms with Crippen molar-refractivity contribution in [1.82, 2.24) is 20.1 Å². The number of nitrogens with one attached hydrogen (secondary N) is 1. The minimum atomic E-state index is -0.553. The van der Waals surface area contributed by atoms with Crippen LogP contribution in [-0.2, 0) is 16.1 Å². The molecule has 1 N–H and O–H groups in total. The molecular weight excluding hydrogens is 360 g/mol. The summed E-state index contributed by atoms with van der Waals surface area (Å²) in [6.07, 6.45) is 3.08. The number of carbonyl (C=O) groups excluding carboxylic acids is 2. The van der Waals surface area contributed by atoms with E-state index < -0.39 is 5.97 Å². The smallest absolute Gasteiger partial charge is 0.338 e. The van der Waals surface area contributed by atoms with Gasteiger partial charge in [-0.1, -0.05) is 30.3 Å². The highest BCUT2D eigenvalue weighted by Crippen LogP contribution is 2.08. The van der Waals surface area contributed by atoms with Gasteiger partial charge in [0.15, 0.2) is 6.61 Å². The lowest BCUT2D eigenvalue weighted by Gasteiger charge is -2.08. The number of hydrogen-bond donors (Lipinski definition) is 1. The Morgan fingerprint density at radius 1 is 1.04 bits per heavy atom. The summed E-state index contributed by atoms with van der Waals surface area (Å²) in [4.78, 5) is 27.7. The summed E-state index contributed by atoms with van der Waals surface area (Å²) in [7, 11) is 0. The number of benzene rings is 2. The van der Waals surface area contributed by atoms with Gasteiger partial charge >= 0.3 is 5.97 Å². The van der Waals surface area contributed by atoms with Crippen LogP contribution in [0.25, 0.3) is 0 Å². The molecule has 1 amide bonds. The summed E-state index contributed by atoms with van der Waals surface area (Å²) >= 11 is 0. The van der Waals surface area contributed by atoms with Gasteiger partial charge in [-0.05, 0) is 29.8 Å². The van der Waals surface area contributed by atoms with Crippen molar-refractivity contribution in [2.75, 3.05) is 19.8 Å². The van der Waals surface area contributed by atoms with Crippen molar-refractivity contribution in [3.8, 4) is 5.75 Å². The molecule has 0 saturated heterocycles. The van der Waals surface area contributed by atoms with E-state index in [0.717, 1.165) is 11.3 Å². The second-order valence-corrected chi connectivity index (χ2v) is 5.88. The van der Waals surface area contributed by atoms with Gasteiger partial charge in [0, 0.05) is 0 Å². The minimum Gasteiger partial charge on any atom is -0.492 e. The van der Waals surface area contributed by atoms with Gasteiger partial charge in [-0.3, -0.25) is 4.79 Å². The van der Waals surface area contributed by atoms with E-state index in [9.17, 15) is 9.59 Å². The zero-order valence-electron chi connectivity index (χ0n) is 15.2. The Bertz CT molecular complexity index is 880. The molecule has 0 spiro atoms. The largest absolute Gasteiger partial charge is 0.492 e. The molecule has 0 bridgehead atoms.